The van der Waals surface area contributed by atoms with Crippen LogP contribution in [0.3, 0.4) is 0 Å². The second-order valence-corrected chi connectivity index (χ2v) is 5.16. The minimum Gasteiger partial charge on any atom is -0.378 e. The molecule has 1 aliphatic heterocycles. The molecule has 1 atom stereocenters. The van der Waals surface area contributed by atoms with Gasteiger partial charge in [0.25, 0.3) is 5.91 Å². The topological polar surface area (TPSA) is 38.3 Å². The van der Waals surface area contributed by atoms with E-state index in [4.69, 9.17) is 4.74 Å². The number of amides is 1. The zero-order valence-corrected chi connectivity index (χ0v) is 11.5. The number of hydrogen-bond acceptors (Lipinski definition) is 2. The van der Waals surface area contributed by atoms with Gasteiger partial charge in [-0.2, -0.15) is 0 Å². The molecule has 1 aliphatic rings. The molecule has 1 heterocycles. The lowest BCUT2D eigenvalue weighted by molar-refractivity contribution is 0.0906. The molecule has 2 rings (SSSR count). The number of nitrogens with one attached hydrogen (secondary N) is 1. The van der Waals surface area contributed by atoms with Gasteiger partial charge in [-0.1, -0.05) is 0 Å². The van der Waals surface area contributed by atoms with E-state index in [0.717, 1.165) is 25.9 Å². The summed E-state index contributed by atoms with van der Waals surface area (Å²) in [5, 5.41) is 2.81. The highest BCUT2D eigenvalue weighted by molar-refractivity contribution is 9.10. The standard InChI is InChI=1S/C13H15BrFNO2/c14-12-8-9(15)3-4-11(12)13(17)16-6-5-10-2-1-7-18-10/h3-4,8,10H,1-2,5-7H2,(H,16,17)/t10-/m0/s1. The number of hydrogen-bond donors (Lipinski definition) is 1. The molecule has 1 N–H and O–H groups in total. The summed E-state index contributed by atoms with van der Waals surface area (Å²) in [4.78, 5) is 11.8. The fourth-order valence-electron chi connectivity index (χ4n) is 1.99. The first kappa shape index (κ1) is 13.5. The largest absolute Gasteiger partial charge is 0.378 e. The van der Waals surface area contributed by atoms with Gasteiger partial charge in [-0.15, -0.1) is 0 Å². The molecule has 98 valence electrons. The van der Waals surface area contributed by atoms with E-state index in [-0.39, 0.29) is 17.8 Å². The van der Waals surface area contributed by atoms with Crippen molar-refractivity contribution in [3.63, 3.8) is 0 Å². The Labute approximate surface area is 114 Å². The minimum absolute atomic E-state index is 0.195. The maximum Gasteiger partial charge on any atom is 0.252 e. The second kappa shape index (κ2) is 6.29. The summed E-state index contributed by atoms with van der Waals surface area (Å²) in [6, 6.07) is 4.04. The van der Waals surface area contributed by atoms with E-state index < -0.39 is 0 Å². The van der Waals surface area contributed by atoms with Crippen LogP contribution in [0.25, 0.3) is 0 Å². The van der Waals surface area contributed by atoms with Gasteiger partial charge in [0, 0.05) is 17.6 Å². The normalized spacial score (nSPS) is 18.9. The van der Waals surface area contributed by atoms with E-state index in [0.29, 0.717) is 16.6 Å². The van der Waals surface area contributed by atoms with Crippen LogP contribution in [-0.4, -0.2) is 25.2 Å². The molecule has 0 aromatic heterocycles. The van der Waals surface area contributed by atoms with Crippen molar-refractivity contribution in [3.8, 4) is 0 Å². The number of rotatable bonds is 4. The lowest BCUT2D eigenvalue weighted by Gasteiger charge is -2.10. The van der Waals surface area contributed by atoms with Crippen LogP contribution in [0, 0.1) is 5.82 Å². The van der Waals surface area contributed by atoms with E-state index in [2.05, 4.69) is 21.2 Å². The Bertz CT molecular complexity index is 433. The summed E-state index contributed by atoms with van der Waals surface area (Å²) >= 11 is 3.18. The van der Waals surface area contributed by atoms with Gasteiger partial charge in [-0.05, 0) is 53.4 Å². The monoisotopic (exact) mass is 315 g/mol. The third-order valence-corrected chi connectivity index (χ3v) is 3.61. The van der Waals surface area contributed by atoms with E-state index in [1.807, 2.05) is 0 Å². The number of ether oxygens (including phenoxy) is 1. The average molecular weight is 316 g/mol. The molecule has 1 aromatic carbocycles. The molecule has 0 bridgehead atoms. The van der Waals surface area contributed by atoms with Crippen molar-refractivity contribution in [1.29, 1.82) is 0 Å². The predicted octanol–water partition coefficient (Wildman–Crippen LogP) is 2.89. The van der Waals surface area contributed by atoms with E-state index in [1.54, 1.807) is 0 Å². The summed E-state index contributed by atoms with van der Waals surface area (Å²) in [5.41, 5.74) is 0.448. The number of halogens is 2. The van der Waals surface area contributed by atoms with Gasteiger partial charge in [-0.25, -0.2) is 4.39 Å². The Morgan fingerprint density at radius 3 is 3.06 bits per heavy atom. The number of benzene rings is 1. The highest BCUT2D eigenvalue weighted by atomic mass is 79.9. The van der Waals surface area contributed by atoms with Crippen molar-refractivity contribution < 1.29 is 13.9 Å². The molecule has 1 aromatic rings. The Hall–Kier alpha value is -0.940. The van der Waals surface area contributed by atoms with Crippen LogP contribution in [0.1, 0.15) is 29.6 Å². The van der Waals surface area contributed by atoms with E-state index in [9.17, 15) is 9.18 Å². The maximum atomic E-state index is 12.9. The van der Waals surface area contributed by atoms with Crippen LogP contribution in [-0.2, 0) is 4.74 Å². The molecular formula is C13H15BrFNO2. The van der Waals surface area contributed by atoms with Gasteiger partial charge >= 0.3 is 0 Å². The highest BCUT2D eigenvalue weighted by Crippen LogP contribution is 2.18. The lowest BCUT2D eigenvalue weighted by atomic mass is 10.1. The quantitative estimate of drug-likeness (QED) is 0.927. The summed E-state index contributed by atoms with van der Waals surface area (Å²) in [6.45, 7) is 1.40. The molecule has 0 saturated carbocycles. The van der Waals surface area contributed by atoms with Crippen LogP contribution < -0.4 is 5.32 Å². The molecule has 1 fully saturated rings. The molecule has 0 aliphatic carbocycles. The Morgan fingerprint density at radius 2 is 2.39 bits per heavy atom. The maximum absolute atomic E-state index is 12.9. The summed E-state index contributed by atoms with van der Waals surface area (Å²) in [5.74, 6) is -0.558. The van der Waals surface area contributed by atoms with Gasteiger partial charge in [0.05, 0.1) is 11.7 Å². The Morgan fingerprint density at radius 1 is 1.56 bits per heavy atom. The minimum atomic E-state index is -0.363. The molecule has 1 saturated heterocycles. The van der Waals surface area contributed by atoms with Gasteiger partial charge in [0.1, 0.15) is 5.82 Å². The van der Waals surface area contributed by atoms with Crippen molar-refractivity contribution in [2.75, 3.05) is 13.2 Å². The van der Waals surface area contributed by atoms with E-state index >= 15 is 0 Å². The molecule has 18 heavy (non-hydrogen) atoms. The zero-order valence-electron chi connectivity index (χ0n) is 9.92. The van der Waals surface area contributed by atoms with Gasteiger partial charge in [0.15, 0.2) is 0 Å². The Balaban J connectivity index is 1.83. The van der Waals surface area contributed by atoms with Gasteiger partial charge in [0.2, 0.25) is 0 Å². The second-order valence-electron chi connectivity index (χ2n) is 4.30. The van der Waals surface area contributed by atoms with Gasteiger partial charge < -0.3 is 10.1 Å². The third-order valence-electron chi connectivity index (χ3n) is 2.95. The predicted molar refractivity (Wildman–Crippen MR) is 70.0 cm³/mol. The highest BCUT2D eigenvalue weighted by Gasteiger charge is 2.16. The van der Waals surface area contributed by atoms with Crippen LogP contribution in [0.5, 0.6) is 0 Å². The summed E-state index contributed by atoms with van der Waals surface area (Å²) in [7, 11) is 0. The van der Waals surface area contributed by atoms with Crippen LogP contribution in [0.15, 0.2) is 22.7 Å². The number of carbonyl (C=O) groups excluding carboxylic acids is 1. The number of carbonyl (C=O) groups is 1. The third kappa shape index (κ3) is 3.53. The fourth-order valence-corrected chi connectivity index (χ4v) is 2.52. The van der Waals surface area contributed by atoms with Crippen molar-refractivity contribution in [1.82, 2.24) is 5.32 Å². The molecule has 5 heteroatoms. The van der Waals surface area contributed by atoms with Crippen molar-refractivity contribution in [3.05, 3.63) is 34.1 Å². The first-order valence-electron chi connectivity index (χ1n) is 6.01. The van der Waals surface area contributed by atoms with Crippen LogP contribution in [0.2, 0.25) is 0 Å². The van der Waals surface area contributed by atoms with E-state index in [1.165, 1.54) is 18.2 Å². The summed E-state index contributed by atoms with van der Waals surface area (Å²) in [6.07, 6.45) is 3.25. The van der Waals surface area contributed by atoms with Crippen molar-refractivity contribution in [2.45, 2.75) is 25.4 Å². The van der Waals surface area contributed by atoms with Crippen molar-refractivity contribution >= 4 is 21.8 Å². The molecular weight excluding hydrogens is 301 g/mol. The first-order valence-corrected chi connectivity index (χ1v) is 6.81. The van der Waals surface area contributed by atoms with Crippen LogP contribution >= 0.6 is 15.9 Å². The molecule has 0 spiro atoms. The molecule has 0 radical (unpaired) electrons. The smallest absolute Gasteiger partial charge is 0.252 e. The van der Waals surface area contributed by atoms with Crippen molar-refractivity contribution in [2.24, 2.45) is 0 Å². The SMILES string of the molecule is O=C(NCC[C@@H]1CCCO1)c1ccc(F)cc1Br. The Kier molecular flexibility index (Phi) is 4.72. The van der Waals surface area contributed by atoms with Gasteiger partial charge in [-0.3, -0.25) is 4.79 Å². The average Bonchev–Trinajstić information content (AvgIpc) is 2.81. The lowest BCUT2D eigenvalue weighted by Crippen LogP contribution is -2.27. The fraction of sp³-hybridized carbons (Fsp3) is 0.462. The first-order chi connectivity index (χ1) is 8.66. The molecule has 1 amide bonds. The zero-order chi connectivity index (χ0) is 13.0. The molecule has 3 nitrogen and oxygen atoms in total. The van der Waals surface area contributed by atoms with Crippen LogP contribution in [0.4, 0.5) is 4.39 Å². The summed E-state index contributed by atoms with van der Waals surface area (Å²) < 4.78 is 18.8. The molecule has 0 unspecified atom stereocenters.